The number of aliphatic hydroxyl groups excluding tert-OH is 1. The first-order valence-electron chi connectivity index (χ1n) is 6.66. The van der Waals surface area contributed by atoms with Crippen LogP contribution in [0.1, 0.15) is 18.1 Å². The lowest BCUT2D eigenvalue weighted by molar-refractivity contribution is -0.384. The number of hydrogen-bond acceptors (Lipinski definition) is 4. The third-order valence-electron chi connectivity index (χ3n) is 3.56. The summed E-state index contributed by atoms with van der Waals surface area (Å²) < 4.78 is 0. The lowest BCUT2D eigenvalue weighted by Crippen LogP contribution is -2.36. The van der Waals surface area contributed by atoms with E-state index >= 15 is 0 Å². The van der Waals surface area contributed by atoms with Gasteiger partial charge in [-0.25, -0.2) is 0 Å². The summed E-state index contributed by atoms with van der Waals surface area (Å²) in [5.41, 5.74) is 1.89. The second kappa shape index (κ2) is 5.93. The van der Waals surface area contributed by atoms with Crippen LogP contribution in [0, 0.1) is 17.0 Å². The van der Waals surface area contributed by atoms with Crippen LogP contribution in [-0.4, -0.2) is 16.6 Å². The molecule has 0 amide bonds. The Bertz CT molecular complexity index is 643. The summed E-state index contributed by atoms with van der Waals surface area (Å²) in [6, 6.07) is 14.3. The zero-order chi connectivity index (χ0) is 15.5. The normalized spacial score (nSPS) is 13.5. The Hall–Kier alpha value is -2.40. The summed E-state index contributed by atoms with van der Waals surface area (Å²) in [6.45, 7) is 3.61. The van der Waals surface area contributed by atoms with Crippen molar-refractivity contribution in [2.24, 2.45) is 0 Å². The molecule has 110 valence electrons. The number of aliphatic hydroxyl groups is 1. The van der Waals surface area contributed by atoms with E-state index in [0.717, 1.165) is 16.8 Å². The molecule has 5 nitrogen and oxygen atoms in total. The Morgan fingerprint density at radius 1 is 1.24 bits per heavy atom. The van der Waals surface area contributed by atoms with Crippen LogP contribution >= 0.6 is 0 Å². The topological polar surface area (TPSA) is 75.4 Å². The van der Waals surface area contributed by atoms with Gasteiger partial charge in [-0.15, -0.1) is 0 Å². The van der Waals surface area contributed by atoms with Crippen molar-refractivity contribution >= 4 is 11.4 Å². The molecule has 21 heavy (non-hydrogen) atoms. The van der Waals surface area contributed by atoms with Crippen molar-refractivity contribution in [2.45, 2.75) is 19.4 Å². The molecule has 0 aliphatic rings. The largest absolute Gasteiger partial charge is 0.394 e. The number of hydrogen-bond donors (Lipinski definition) is 2. The summed E-state index contributed by atoms with van der Waals surface area (Å²) in [5.74, 6) is 0. The van der Waals surface area contributed by atoms with Gasteiger partial charge in [0.1, 0.15) is 0 Å². The van der Waals surface area contributed by atoms with Gasteiger partial charge in [0.15, 0.2) is 0 Å². The van der Waals surface area contributed by atoms with Crippen LogP contribution in [0.3, 0.4) is 0 Å². The van der Waals surface area contributed by atoms with E-state index in [0.29, 0.717) is 0 Å². The number of aryl methyl sites for hydroxylation is 1. The van der Waals surface area contributed by atoms with E-state index in [1.54, 1.807) is 13.0 Å². The first-order chi connectivity index (χ1) is 9.96. The maximum Gasteiger partial charge on any atom is 0.269 e. The summed E-state index contributed by atoms with van der Waals surface area (Å²) in [7, 11) is 0. The highest BCUT2D eigenvalue weighted by molar-refractivity contribution is 5.57. The van der Waals surface area contributed by atoms with E-state index in [-0.39, 0.29) is 12.3 Å². The van der Waals surface area contributed by atoms with Gasteiger partial charge < -0.3 is 10.4 Å². The number of nitro benzene ring substituents is 1. The smallest absolute Gasteiger partial charge is 0.269 e. The van der Waals surface area contributed by atoms with Crippen LogP contribution in [0.25, 0.3) is 0 Å². The molecule has 1 unspecified atom stereocenters. The second-order valence-corrected chi connectivity index (χ2v) is 5.24. The van der Waals surface area contributed by atoms with E-state index in [1.807, 2.05) is 37.3 Å². The summed E-state index contributed by atoms with van der Waals surface area (Å²) >= 11 is 0. The first-order valence-corrected chi connectivity index (χ1v) is 6.66. The Labute approximate surface area is 123 Å². The molecule has 2 N–H and O–H groups in total. The molecule has 0 aliphatic carbocycles. The minimum Gasteiger partial charge on any atom is -0.394 e. The molecule has 0 radical (unpaired) electrons. The highest BCUT2D eigenvalue weighted by Gasteiger charge is 2.26. The lowest BCUT2D eigenvalue weighted by atomic mass is 9.92. The molecule has 2 aromatic carbocycles. The number of non-ortho nitro benzene ring substituents is 1. The van der Waals surface area contributed by atoms with Gasteiger partial charge in [-0.2, -0.15) is 0 Å². The minimum atomic E-state index is -0.651. The molecule has 0 aromatic heterocycles. The van der Waals surface area contributed by atoms with Gasteiger partial charge in [-0.3, -0.25) is 10.1 Å². The van der Waals surface area contributed by atoms with E-state index in [4.69, 9.17) is 0 Å². The second-order valence-electron chi connectivity index (χ2n) is 5.24. The summed E-state index contributed by atoms with van der Waals surface area (Å²) in [6.07, 6.45) is 0. The molecule has 0 saturated carbocycles. The average Bonchev–Trinajstić information content (AvgIpc) is 2.50. The molecular formula is C16H18N2O3. The average molecular weight is 286 g/mol. The van der Waals surface area contributed by atoms with Crippen molar-refractivity contribution in [1.29, 1.82) is 0 Å². The molecular weight excluding hydrogens is 268 g/mol. The Morgan fingerprint density at radius 3 is 2.43 bits per heavy atom. The Balaban J connectivity index is 2.33. The maximum atomic E-state index is 10.8. The fourth-order valence-electron chi connectivity index (χ4n) is 2.21. The van der Waals surface area contributed by atoms with Crippen molar-refractivity contribution in [2.75, 3.05) is 11.9 Å². The van der Waals surface area contributed by atoms with E-state index in [2.05, 4.69) is 5.32 Å². The molecule has 0 saturated heterocycles. The maximum absolute atomic E-state index is 10.8. The van der Waals surface area contributed by atoms with Gasteiger partial charge in [-0.1, -0.05) is 30.3 Å². The van der Waals surface area contributed by atoms with Gasteiger partial charge in [0, 0.05) is 17.8 Å². The predicted molar refractivity (Wildman–Crippen MR) is 82.3 cm³/mol. The standard InChI is InChI=1S/C16H18N2O3/c1-12-10-14(18(20)21)8-9-15(12)17-16(2,11-19)13-6-4-3-5-7-13/h3-10,17,19H,11H2,1-2H3. The Morgan fingerprint density at radius 2 is 1.90 bits per heavy atom. The van der Waals surface area contributed by atoms with Crippen LogP contribution in [-0.2, 0) is 5.54 Å². The molecule has 5 heteroatoms. The fraction of sp³-hybridized carbons (Fsp3) is 0.250. The van der Waals surface area contributed by atoms with Crippen LogP contribution < -0.4 is 5.32 Å². The number of nitro groups is 1. The number of benzene rings is 2. The number of nitrogens with one attached hydrogen (secondary N) is 1. The van der Waals surface area contributed by atoms with Gasteiger partial charge >= 0.3 is 0 Å². The highest BCUT2D eigenvalue weighted by Crippen LogP contribution is 2.29. The van der Waals surface area contributed by atoms with Crippen LogP contribution in [0.15, 0.2) is 48.5 Å². The van der Waals surface area contributed by atoms with Crippen molar-refractivity contribution in [1.82, 2.24) is 0 Å². The van der Waals surface area contributed by atoms with Crippen molar-refractivity contribution in [3.05, 3.63) is 69.8 Å². The van der Waals surface area contributed by atoms with E-state index in [9.17, 15) is 15.2 Å². The van der Waals surface area contributed by atoms with Gasteiger partial charge in [0.25, 0.3) is 5.69 Å². The van der Waals surface area contributed by atoms with Gasteiger partial charge in [0.2, 0.25) is 0 Å². The third-order valence-corrected chi connectivity index (χ3v) is 3.56. The summed E-state index contributed by atoms with van der Waals surface area (Å²) in [5, 5.41) is 23.8. The van der Waals surface area contributed by atoms with E-state index in [1.165, 1.54) is 12.1 Å². The Kier molecular flexibility index (Phi) is 4.23. The summed E-state index contributed by atoms with van der Waals surface area (Å²) in [4.78, 5) is 10.4. The predicted octanol–water partition coefficient (Wildman–Crippen LogP) is 3.22. The van der Waals surface area contributed by atoms with Crippen molar-refractivity contribution < 1.29 is 10.0 Å². The van der Waals surface area contributed by atoms with Gasteiger partial charge in [0.05, 0.1) is 17.1 Å². The minimum absolute atomic E-state index is 0.0588. The number of rotatable bonds is 5. The van der Waals surface area contributed by atoms with Crippen LogP contribution in [0.2, 0.25) is 0 Å². The number of anilines is 1. The third kappa shape index (κ3) is 3.20. The molecule has 0 spiro atoms. The molecule has 1 atom stereocenters. The van der Waals surface area contributed by atoms with Crippen LogP contribution in [0.5, 0.6) is 0 Å². The van der Waals surface area contributed by atoms with Gasteiger partial charge in [-0.05, 0) is 31.0 Å². The SMILES string of the molecule is Cc1cc([N+](=O)[O-])ccc1NC(C)(CO)c1ccccc1. The molecule has 0 fully saturated rings. The highest BCUT2D eigenvalue weighted by atomic mass is 16.6. The molecule has 0 aliphatic heterocycles. The monoisotopic (exact) mass is 286 g/mol. The molecule has 0 heterocycles. The first kappa shape index (κ1) is 15.0. The molecule has 2 aromatic rings. The van der Waals surface area contributed by atoms with Crippen molar-refractivity contribution in [3.63, 3.8) is 0 Å². The van der Waals surface area contributed by atoms with Crippen molar-refractivity contribution in [3.8, 4) is 0 Å². The molecule has 2 rings (SSSR count). The molecule has 0 bridgehead atoms. The van der Waals surface area contributed by atoms with E-state index < -0.39 is 10.5 Å². The quantitative estimate of drug-likeness (QED) is 0.653. The zero-order valence-electron chi connectivity index (χ0n) is 12.0. The number of nitrogens with zero attached hydrogens (tertiary/aromatic N) is 1. The fourth-order valence-corrected chi connectivity index (χ4v) is 2.21. The van der Waals surface area contributed by atoms with Crippen LogP contribution in [0.4, 0.5) is 11.4 Å². The lowest BCUT2D eigenvalue weighted by Gasteiger charge is -2.31. The zero-order valence-corrected chi connectivity index (χ0v) is 12.0.